The maximum Gasteiger partial charge on any atom is 0.110 e. The molecule has 1 saturated carbocycles. The lowest BCUT2D eigenvalue weighted by atomic mass is 9.80. The summed E-state index contributed by atoms with van der Waals surface area (Å²) in [6.07, 6.45) is 13.8. The molecule has 120 valence electrons. The molecule has 2 N–H and O–H groups in total. The number of aromatic nitrogens is 2. The molecule has 1 unspecified atom stereocenters. The zero-order valence-corrected chi connectivity index (χ0v) is 14.0. The van der Waals surface area contributed by atoms with E-state index in [-0.39, 0.29) is 11.6 Å². The van der Waals surface area contributed by atoms with Gasteiger partial charge in [0.25, 0.3) is 0 Å². The predicted molar refractivity (Wildman–Crippen MR) is 88.3 cm³/mol. The van der Waals surface area contributed by atoms with Crippen LogP contribution in [0.5, 0.6) is 0 Å². The number of nitrogens with two attached hydrogens (primary N) is 1. The molecule has 0 bridgehead atoms. The number of rotatable bonds is 6. The molecule has 4 nitrogen and oxygen atoms in total. The van der Waals surface area contributed by atoms with E-state index in [0.29, 0.717) is 0 Å². The minimum atomic E-state index is 0.138. The van der Waals surface area contributed by atoms with Crippen LogP contribution in [0.3, 0.4) is 0 Å². The van der Waals surface area contributed by atoms with Gasteiger partial charge in [-0.25, -0.2) is 4.98 Å². The first-order valence-electron chi connectivity index (χ1n) is 8.53. The lowest BCUT2D eigenvalue weighted by Gasteiger charge is -2.44. The highest BCUT2D eigenvalue weighted by molar-refractivity contribution is 5.04. The molecule has 21 heavy (non-hydrogen) atoms. The lowest BCUT2D eigenvalue weighted by molar-refractivity contribution is 0.0956. The van der Waals surface area contributed by atoms with Crippen LogP contribution >= 0.6 is 0 Å². The van der Waals surface area contributed by atoms with E-state index in [0.717, 1.165) is 25.2 Å². The first kappa shape index (κ1) is 16.5. The molecule has 0 spiro atoms. The van der Waals surface area contributed by atoms with Crippen LogP contribution in [-0.4, -0.2) is 40.1 Å². The highest BCUT2D eigenvalue weighted by atomic mass is 15.2. The van der Waals surface area contributed by atoms with E-state index in [1.807, 2.05) is 6.20 Å². The van der Waals surface area contributed by atoms with Gasteiger partial charge in [-0.3, -0.25) is 0 Å². The Labute approximate surface area is 129 Å². The molecule has 0 aromatic carbocycles. The third-order valence-corrected chi connectivity index (χ3v) is 5.22. The van der Waals surface area contributed by atoms with Crippen LogP contribution in [0.2, 0.25) is 0 Å². The second kappa shape index (κ2) is 7.41. The Morgan fingerprint density at radius 3 is 2.52 bits per heavy atom. The number of nitrogens with zero attached hydrogens (tertiary/aromatic N) is 3. The van der Waals surface area contributed by atoms with Gasteiger partial charge in [0.1, 0.15) is 5.82 Å². The Bertz CT molecular complexity index is 416. The third-order valence-electron chi connectivity index (χ3n) is 5.22. The molecular formula is C17H32N4. The molecule has 1 heterocycles. The summed E-state index contributed by atoms with van der Waals surface area (Å²) >= 11 is 0. The van der Waals surface area contributed by atoms with Crippen LogP contribution in [0.4, 0.5) is 0 Å². The number of aryl methyl sites for hydroxylation is 1. The zero-order valence-electron chi connectivity index (χ0n) is 14.0. The van der Waals surface area contributed by atoms with Crippen LogP contribution in [0.15, 0.2) is 12.4 Å². The molecule has 1 fully saturated rings. The van der Waals surface area contributed by atoms with E-state index < -0.39 is 0 Å². The monoisotopic (exact) mass is 292 g/mol. The molecule has 1 aliphatic rings. The maximum absolute atomic E-state index is 6.72. The second-order valence-corrected chi connectivity index (χ2v) is 6.76. The Morgan fingerprint density at radius 2 is 1.95 bits per heavy atom. The largest absolute Gasteiger partial charge is 0.335 e. The van der Waals surface area contributed by atoms with Crippen molar-refractivity contribution in [3.8, 4) is 0 Å². The topological polar surface area (TPSA) is 47.1 Å². The summed E-state index contributed by atoms with van der Waals surface area (Å²) in [7, 11) is 4.40. The van der Waals surface area contributed by atoms with E-state index in [2.05, 4.69) is 41.7 Å². The summed E-state index contributed by atoms with van der Waals surface area (Å²) in [6.45, 7) is 3.24. The molecule has 0 saturated heterocycles. The summed E-state index contributed by atoms with van der Waals surface area (Å²) in [5.74, 6) is 1.15. The molecule has 1 aromatic heterocycles. The van der Waals surface area contributed by atoms with Crippen molar-refractivity contribution in [1.29, 1.82) is 0 Å². The van der Waals surface area contributed by atoms with Gasteiger partial charge in [-0.05, 0) is 33.4 Å². The Balaban J connectivity index is 2.14. The zero-order chi connectivity index (χ0) is 15.3. The fraction of sp³-hybridized carbons (Fsp3) is 0.824. The molecule has 1 aliphatic carbocycles. The van der Waals surface area contributed by atoms with Gasteiger partial charge in [0.2, 0.25) is 0 Å². The summed E-state index contributed by atoms with van der Waals surface area (Å²) in [5, 5.41) is 0. The molecule has 2 rings (SSSR count). The molecule has 0 amide bonds. The SMILES string of the molecule is CCCn1ccnc1CC(N)C1(N(C)C)CCCCCC1. The minimum Gasteiger partial charge on any atom is -0.335 e. The van der Waals surface area contributed by atoms with E-state index >= 15 is 0 Å². The number of imidazole rings is 1. The fourth-order valence-electron chi connectivity index (χ4n) is 3.85. The molecule has 0 aliphatic heterocycles. The second-order valence-electron chi connectivity index (χ2n) is 6.76. The normalized spacial score (nSPS) is 20.4. The van der Waals surface area contributed by atoms with Crippen molar-refractivity contribution in [1.82, 2.24) is 14.5 Å². The summed E-state index contributed by atoms with van der Waals surface area (Å²) < 4.78 is 2.26. The summed E-state index contributed by atoms with van der Waals surface area (Å²) in [5.41, 5.74) is 6.85. The smallest absolute Gasteiger partial charge is 0.110 e. The van der Waals surface area contributed by atoms with Crippen molar-refractivity contribution in [2.75, 3.05) is 14.1 Å². The fourth-order valence-corrected chi connectivity index (χ4v) is 3.85. The first-order chi connectivity index (χ1) is 10.1. The maximum atomic E-state index is 6.72. The van der Waals surface area contributed by atoms with Crippen molar-refractivity contribution >= 4 is 0 Å². The number of likely N-dealkylation sites (N-methyl/N-ethyl adjacent to an activating group) is 1. The van der Waals surface area contributed by atoms with Crippen molar-refractivity contribution < 1.29 is 0 Å². The van der Waals surface area contributed by atoms with Crippen molar-refractivity contribution in [2.45, 2.75) is 76.4 Å². The third kappa shape index (κ3) is 3.67. The van der Waals surface area contributed by atoms with Crippen LogP contribution in [0, 0.1) is 0 Å². The quantitative estimate of drug-likeness (QED) is 0.820. The minimum absolute atomic E-state index is 0.138. The number of hydrogen-bond donors (Lipinski definition) is 1. The van der Waals surface area contributed by atoms with Gasteiger partial charge in [0, 0.05) is 36.9 Å². The predicted octanol–water partition coefficient (Wildman–Crippen LogP) is 2.82. The van der Waals surface area contributed by atoms with Gasteiger partial charge in [-0.15, -0.1) is 0 Å². The van der Waals surface area contributed by atoms with E-state index in [1.165, 1.54) is 38.5 Å². The van der Waals surface area contributed by atoms with Crippen LogP contribution in [0.1, 0.15) is 57.7 Å². The average Bonchev–Trinajstić information content (AvgIpc) is 2.75. The van der Waals surface area contributed by atoms with Crippen molar-refractivity contribution in [2.24, 2.45) is 5.73 Å². The Morgan fingerprint density at radius 1 is 1.29 bits per heavy atom. The van der Waals surface area contributed by atoms with Gasteiger partial charge in [-0.2, -0.15) is 0 Å². The average molecular weight is 292 g/mol. The van der Waals surface area contributed by atoms with Crippen molar-refractivity contribution in [3.05, 3.63) is 18.2 Å². The lowest BCUT2D eigenvalue weighted by Crippen LogP contribution is -2.58. The van der Waals surface area contributed by atoms with Crippen LogP contribution < -0.4 is 5.73 Å². The van der Waals surface area contributed by atoms with E-state index in [4.69, 9.17) is 5.73 Å². The van der Waals surface area contributed by atoms with Gasteiger partial charge in [-0.1, -0.05) is 32.6 Å². The van der Waals surface area contributed by atoms with Crippen LogP contribution in [0.25, 0.3) is 0 Å². The number of hydrogen-bond acceptors (Lipinski definition) is 3. The van der Waals surface area contributed by atoms with E-state index in [1.54, 1.807) is 0 Å². The molecule has 4 heteroatoms. The van der Waals surface area contributed by atoms with Gasteiger partial charge < -0.3 is 15.2 Å². The van der Waals surface area contributed by atoms with Crippen molar-refractivity contribution in [3.63, 3.8) is 0 Å². The summed E-state index contributed by atoms with van der Waals surface area (Å²) in [4.78, 5) is 6.93. The molecule has 0 radical (unpaired) electrons. The highest BCUT2D eigenvalue weighted by Crippen LogP contribution is 2.34. The van der Waals surface area contributed by atoms with Crippen LogP contribution in [-0.2, 0) is 13.0 Å². The molecule has 1 atom stereocenters. The first-order valence-corrected chi connectivity index (χ1v) is 8.53. The van der Waals surface area contributed by atoms with E-state index in [9.17, 15) is 0 Å². The van der Waals surface area contributed by atoms with Gasteiger partial charge in [0.05, 0.1) is 0 Å². The molecular weight excluding hydrogens is 260 g/mol. The van der Waals surface area contributed by atoms with Gasteiger partial charge >= 0.3 is 0 Å². The van der Waals surface area contributed by atoms with Gasteiger partial charge in [0.15, 0.2) is 0 Å². The summed E-state index contributed by atoms with van der Waals surface area (Å²) in [6, 6.07) is 0.156. The molecule has 1 aromatic rings. The standard InChI is InChI=1S/C17H32N4/c1-4-12-21-13-11-19-16(21)14-15(18)17(20(2)3)9-7-5-6-8-10-17/h11,13,15H,4-10,12,14,18H2,1-3H3. The Hall–Kier alpha value is -0.870. The highest BCUT2D eigenvalue weighted by Gasteiger charge is 2.39. The Kier molecular flexibility index (Phi) is 5.82.